The Morgan fingerprint density at radius 1 is 1.17 bits per heavy atom. The third kappa shape index (κ3) is 6.01. The van der Waals surface area contributed by atoms with Gasteiger partial charge in [0.25, 0.3) is 5.88 Å². The number of hydrogen-bond acceptors (Lipinski definition) is 5. The predicted octanol–water partition coefficient (Wildman–Crippen LogP) is 5.85. The Hall–Kier alpha value is -3.48. The zero-order valence-electron chi connectivity index (χ0n) is 21.4. The number of aryl methyl sites for hydroxylation is 1. The normalized spacial score (nSPS) is 16.0. The zero-order valence-corrected chi connectivity index (χ0v) is 21.4. The first-order valence-corrected chi connectivity index (χ1v) is 12.4. The molecule has 1 aromatic carbocycles. The van der Waals surface area contributed by atoms with E-state index in [0.717, 1.165) is 37.2 Å². The average Bonchev–Trinajstić information content (AvgIpc) is 2.82. The van der Waals surface area contributed by atoms with E-state index in [9.17, 15) is 9.90 Å². The van der Waals surface area contributed by atoms with Gasteiger partial charge >= 0.3 is 5.97 Å². The number of halogens is 1. The summed E-state index contributed by atoms with van der Waals surface area (Å²) in [7, 11) is 0. The molecule has 1 atom stereocenters. The van der Waals surface area contributed by atoms with Crippen molar-refractivity contribution >= 4 is 11.7 Å². The number of piperidine rings is 1. The SMILES string of the molecule is Cc1ncc(-c2cnc(O[C@@H](C)Cc3ccccc3)c(F)c2)c(N2CCC(C)(C)CC2)c1CC(=O)O. The lowest BCUT2D eigenvalue weighted by Crippen LogP contribution is -2.38. The Morgan fingerprint density at radius 2 is 1.86 bits per heavy atom. The summed E-state index contributed by atoms with van der Waals surface area (Å²) in [5, 5.41) is 9.59. The molecule has 7 heteroatoms. The van der Waals surface area contributed by atoms with Crippen LogP contribution in [0.4, 0.5) is 10.1 Å². The van der Waals surface area contributed by atoms with Crippen LogP contribution in [0.2, 0.25) is 0 Å². The molecule has 1 fully saturated rings. The van der Waals surface area contributed by atoms with Crippen molar-refractivity contribution in [1.82, 2.24) is 9.97 Å². The van der Waals surface area contributed by atoms with Crippen LogP contribution in [0.3, 0.4) is 0 Å². The number of aromatic nitrogens is 2. The molecule has 0 saturated carbocycles. The minimum absolute atomic E-state index is 0.0470. The fourth-order valence-electron chi connectivity index (χ4n) is 4.74. The maximum atomic E-state index is 15.2. The van der Waals surface area contributed by atoms with Crippen molar-refractivity contribution in [2.24, 2.45) is 5.41 Å². The van der Waals surface area contributed by atoms with Gasteiger partial charge in [-0.15, -0.1) is 0 Å². The van der Waals surface area contributed by atoms with Crippen LogP contribution in [0.25, 0.3) is 11.1 Å². The molecule has 2 aromatic heterocycles. The van der Waals surface area contributed by atoms with Crippen LogP contribution in [-0.4, -0.2) is 40.2 Å². The van der Waals surface area contributed by atoms with Gasteiger partial charge in [0.2, 0.25) is 0 Å². The van der Waals surface area contributed by atoms with Crippen molar-refractivity contribution in [1.29, 1.82) is 0 Å². The monoisotopic (exact) mass is 491 g/mol. The fraction of sp³-hybridized carbons (Fsp3) is 0.414. The van der Waals surface area contributed by atoms with E-state index >= 15 is 4.39 Å². The maximum absolute atomic E-state index is 15.2. The molecule has 0 unspecified atom stereocenters. The zero-order chi connectivity index (χ0) is 25.9. The molecule has 0 radical (unpaired) electrons. The number of benzene rings is 1. The van der Waals surface area contributed by atoms with E-state index in [0.29, 0.717) is 28.8 Å². The number of carboxylic acids is 1. The highest BCUT2D eigenvalue weighted by Gasteiger charge is 2.29. The smallest absolute Gasteiger partial charge is 0.307 e. The number of nitrogens with zero attached hydrogens (tertiary/aromatic N) is 3. The highest BCUT2D eigenvalue weighted by molar-refractivity contribution is 5.84. The molecule has 3 heterocycles. The number of carboxylic acid groups (broad SMARTS) is 1. The minimum atomic E-state index is -0.920. The summed E-state index contributed by atoms with van der Waals surface area (Å²) in [4.78, 5) is 22.7. The quantitative estimate of drug-likeness (QED) is 0.426. The molecular weight excluding hydrogens is 457 g/mol. The third-order valence-electron chi connectivity index (χ3n) is 6.92. The number of carbonyl (C=O) groups is 1. The summed E-state index contributed by atoms with van der Waals surface area (Å²) >= 11 is 0. The van der Waals surface area contributed by atoms with Gasteiger partial charge in [0.05, 0.1) is 12.1 Å². The van der Waals surface area contributed by atoms with E-state index in [2.05, 4.69) is 28.7 Å². The molecule has 190 valence electrons. The topological polar surface area (TPSA) is 75.6 Å². The summed E-state index contributed by atoms with van der Waals surface area (Å²) in [6.07, 6.45) is 5.50. The van der Waals surface area contributed by atoms with E-state index < -0.39 is 11.8 Å². The summed E-state index contributed by atoms with van der Waals surface area (Å²) in [5.41, 5.74) is 4.72. The summed E-state index contributed by atoms with van der Waals surface area (Å²) in [6.45, 7) is 9.80. The molecule has 1 aliphatic heterocycles. The molecule has 6 nitrogen and oxygen atoms in total. The number of ether oxygens (including phenoxy) is 1. The van der Waals surface area contributed by atoms with Crippen molar-refractivity contribution < 1.29 is 19.0 Å². The second-order valence-electron chi connectivity index (χ2n) is 10.4. The van der Waals surface area contributed by atoms with Crippen LogP contribution >= 0.6 is 0 Å². The number of anilines is 1. The lowest BCUT2D eigenvalue weighted by molar-refractivity contribution is -0.136. The van der Waals surface area contributed by atoms with Gasteiger partial charge < -0.3 is 14.7 Å². The molecule has 0 aliphatic carbocycles. The Labute approximate surface area is 212 Å². The largest absolute Gasteiger partial charge is 0.481 e. The van der Waals surface area contributed by atoms with Gasteiger partial charge in [0, 0.05) is 54.3 Å². The molecule has 1 saturated heterocycles. The molecule has 1 aliphatic rings. The minimum Gasteiger partial charge on any atom is -0.481 e. The first kappa shape index (κ1) is 25.6. The van der Waals surface area contributed by atoms with Crippen molar-refractivity contribution in [2.45, 2.75) is 59.5 Å². The Morgan fingerprint density at radius 3 is 2.50 bits per heavy atom. The highest BCUT2D eigenvalue weighted by Crippen LogP contribution is 2.40. The second-order valence-corrected chi connectivity index (χ2v) is 10.4. The molecule has 0 amide bonds. The number of rotatable bonds is 8. The summed E-state index contributed by atoms with van der Waals surface area (Å²) in [6, 6.07) is 11.3. The van der Waals surface area contributed by atoms with Crippen molar-refractivity contribution in [3.05, 3.63) is 71.4 Å². The average molecular weight is 492 g/mol. The first-order valence-electron chi connectivity index (χ1n) is 12.4. The molecule has 3 aromatic rings. The van der Waals surface area contributed by atoms with Crippen LogP contribution < -0.4 is 9.64 Å². The van der Waals surface area contributed by atoms with E-state index in [4.69, 9.17) is 4.74 Å². The van der Waals surface area contributed by atoms with Crippen LogP contribution in [0.1, 0.15) is 50.4 Å². The third-order valence-corrected chi connectivity index (χ3v) is 6.92. The Bertz CT molecular complexity index is 1220. The van der Waals surface area contributed by atoms with E-state index in [-0.39, 0.29) is 23.8 Å². The standard InChI is InChI=1S/C29H34FN3O3/c1-19(14-21-8-6-5-7-9-21)36-28-25(30)15-22(17-32-28)24-18-31-20(2)23(16-26(34)35)27(24)33-12-10-29(3,4)11-13-33/h5-9,15,17-19H,10-14,16H2,1-4H3,(H,34,35)/t19-/m0/s1. The number of pyridine rings is 2. The van der Waals surface area contributed by atoms with Gasteiger partial charge in [-0.25, -0.2) is 9.37 Å². The van der Waals surface area contributed by atoms with Gasteiger partial charge in [-0.05, 0) is 43.7 Å². The van der Waals surface area contributed by atoms with Gasteiger partial charge in [0.1, 0.15) is 6.10 Å². The van der Waals surface area contributed by atoms with E-state index in [1.165, 1.54) is 6.07 Å². The fourth-order valence-corrected chi connectivity index (χ4v) is 4.74. The van der Waals surface area contributed by atoms with E-state index in [1.54, 1.807) is 12.4 Å². The lowest BCUT2D eigenvalue weighted by atomic mass is 9.82. The number of hydrogen-bond donors (Lipinski definition) is 1. The lowest BCUT2D eigenvalue weighted by Gasteiger charge is -2.40. The van der Waals surface area contributed by atoms with Gasteiger partial charge in [-0.1, -0.05) is 44.2 Å². The van der Waals surface area contributed by atoms with Crippen molar-refractivity contribution in [3.63, 3.8) is 0 Å². The number of aliphatic carboxylic acids is 1. The van der Waals surface area contributed by atoms with Crippen LogP contribution in [-0.2, 0) is 17.6 Å². The molecule has 0 spiro atoms. The molecular formula is C29H34FN3O3. The van der Waals surface area contributed by atoms with Gasteiger partial charge in [-0.2, -0.15) is 0 Å². The van der Waals surface area contributed by atoms with Crippen molar-refractivity contribution in [3.8, 4) is 17.0 Å². The van der Waals surface area contributed by atoms with Crippen LogP contribution in [0.15, 0.2) is 48.8 Å². The predicted molar refractivity (Wildman–Crippen MR) is 139 cm³/mol. The van der Waals surface area contributed by atoms with Gasteiger partial charge in [0.15, 0.2) is 5.82 Å². The Balaban J connectivity index is 1.65. The van der Waals surface area contributed by atoms with Crippen molar-refractivity contribution in [2.75, 3.05) is 18.0 Å². The summed E-state index contributed by atoms with van der Waals surface area (Å²) in [5.74, 6) is -1.52. The van der Waals surface area contributed by atoms with Gasteiger partial charge in [-0.3, -0.25) is 9.78 Å². The Kier molecular flexibility index (Phi) is 7.57. The summed E-state index contributed by atoms with van der Waals surface area (Å²) < 4.78 is 21.0. The molecule has 4 rings (SSSR count). The second kappa shape index (κ2) is 10.6. The molecule has 0 bridgehead atoms. The van der Waals surface area contributed by atoms with Crippen LogP contribution in [0.5, 0.6) is 5.88 Å². The molecule has 36 heavy (non-hydrogen) atoms. The molecule has 1 N–H and O–H groups in total. The highest BCUT2D eigenvalue weighted by atomic mass is 19.1. The van der Waals surface area contributed by atoms with E-state index in [1.807, 2.05) is 44.2 Å². The van der Waals surface area contributed by atoms with Crippen LogP contribution in [0, 0.1) is 18.2 Å². The first-order chi connectivity index (χ1) is 17.1. The maximum Gasteiger partial charge on any atom is 0.307 e.